The highest BCUT2D eigenvalue weighted by Gasteiger charge is 2.36. The number of aliphatic hydroxyl groups excluding tert-OH is 5. The lowest BCUT2D eigenvalue weighted by Gasteiger charge is -2.36. The second-order valence-electron chi connectivity index (χ2n) is 9.40. The zero-order valence-electron chi connectivity index (χ0n) is 22.5. The van der Waals surface area contributed by atoms with Crippen molar-refractivity contribution in [1.29, 1.82) is 0 Å². The van der Waals surface area contributed by atoms with Gasteiger partial charge < -0.3 is 35.6 Å². The number of ether oxygens (including phenoxy) is 1. The average molecular weight is 492 g/mol. The highest BCUT2D eigenvalue weighted by molar-refractivity contribution is 5.81. The van der Waals surface area contributed by atoms with Crippen LogP contribution in [-0.4, -0.2) is 81.2 Å². The van der Waals surface area contributed by atoms with Crippen molar-refractivity contribution in [2.24, 2.45) is 11.8 Å². The van der Waals surface area contributed by atoms with Gasteiger partial charge in [0, 0.05) is 30.9 Å². The largest absolute Gasteiger partial charge is 0.396 e. The number of unbranched alkanes of at least 4 members (excludes halogenated alkanes) is 2. The lowest BCUT2D eigenvalue weighted by atomic mass is 9.88. The zero-order chi connectivity index (χ0) is 26.8. The standard InChI is InChI=1S/C16H29NO4.C5H12O3.C5H12/c1-6-13(8-18)11(4)17-16(20)15(19)14-7-9(2)10(3)12(5)21-14;1-4(7)2-5(8)3-6;1-3-5-4-2/h10-15,18-19H,2,6-8H2,1,3-5H3,(H,17,20);4-8H,2-3H2,1H3;3-5H2,1-2H3. The highest BCUT2D eigenvalue weighted by atomic mass is 16.5. The molecule has 1 aliphatic rings. The Labute approximate surface area is 207 Å². The summed E-state index contributed by atoms with van der Waals surface area (Å²) in [7, 11) is 0. The molecule has 6 N–H and O–H groups in total. The quantitative estimate of drug-likeness (QED) is 0.244. The Kier molecular flexibility index (Phi) is 20.9. The van der Waals surface area contributed by atoms with Gasteiger partial charge in [-0.3, -0.25) is 4.79 Å². The molecule has 1 aliphatic heterocycles. The van der Waals surface area contributed by atoms with Crippen LogP contribution < -0.4 is 5.32 Å². The Balaban J connectivity index is 0. The third kappa shape index (κ3) is 15.1. The molecule has 0 radical (unpaired) electrons. The number of aliphatic hydroxyl groups is 5. The normalized spacial score (nSPS) is 24.4. The third-order valence-corrected chi connectivity index (χ3v) is 6.19. The van der Waals surface area contributed by atoms with Crippen molar-refractivity contribution in [1.82, 2.24) is 5.32 Å². The van der Waals surface area contributed by atoms with Crippen LogP contribution in [0.25, 0.3) is 0 Å². The summed E-state index contributed by atoms with van der Waals surface area (Å²) in [5.74, 6) is -0.231. The van der Waals surface area contributed by atoms with Crippen LogP contribution in [0.3, 0.4) is 0 Å². The number of hydrogen-bond acceptors (Lipinski definition) is 7. The first-order chi connectivity index (χ1) is 15.9. The van der Waals surface area contributed by atoms with Gasteiger partial charge >= 0.3 is 0 Å². The molecule has 8 atom stereocenters. The van der Waals surface area contributed by atoms with E-state index in [-0.39, 0.29) is 43.6 Å². The van der Waals surface area contributed by atoms with Crippen molar-refractivity contribution >= 4 is 5.91 Å². The van der Waals surface area contributed by atoms with E-state index in [2.05, 4.69) is 25.7 Å². The summed E-state index contributed by atoms with van der Waals surface area (Å²) < 4.78 is 5.73. The summed E-state index contributed by atoms with van der Waals surface area (Å²) in [6, 6.07) is -0.190. The number of nitrogens with one attached hydrogen (secondary N) is 1. The van der Waals surface area contributed by atoms with Crippen LogP contribution in [0.5, 0.6) is 0 Å². The predicted molar refractivity (Wildman–Crippen MR) is 136 cm³/mol. The highest BCUT2D eigenvalue weighted by Crippen LogP contribution is 2.30. The summed E-state index contributed by atoms with van der Waals surface area (Å²) in [5, 5.41) is 47.6. The molecule has 1 saturated heterocycles. The van der Waals surface area contributed by atoms with Crippen molar-refractivity contribution < 1.29 is 35.1 Å². The maximum atomic E-state index is 12.1. The molecule has 1 fully saturated rings. The minimum atomic E-state index is -1.21. The molecule has 0 aromatic rings. The van der Waals surface area contributed by atoms with Crippen LogP contribution in [0.1, 0.15) is 87.0 Å². The molecule has 0 bridgehead atoms. The van der Waals surface area contributed by atoms with E-state index in [1.807, 2.05) is 27.7 Å². The van der Waals surface area contributed by atoms with Crippen molar-refractivity contribution in [3.63, 3.8) is 0 Å². The van der Waals surface area contributed by atoms with Crippen LogP contribution in [0.15, 0.2) is 12.2 Å². The van der Waals surface area contributed by atoms with Gasteiger partial charge in [-0.1, -0.05) is 59.1 Å². The van der Waals surface area contributed by atoms with E-state index < -0.39 is 30.3 Å². The molecule has 0 aliphatic carbocycles. The van der Waals surface area contributed by atoms with E-state index in [4.69, 9.17) is 20.1 Å². The molecule has 1 rings (SSSR count). The second-order valence-corrected chi connectivity index (χ2v) is 9.40. The lowest BCUT2D eigenvalue weighted by molar-refractivity contribution is -0.147. The Bertz CT molecular complexity index is 523. The number of amides is 1. The van der Waals surface area contributed by atoms with Crippen molar-refractivity contribution in [2.75, 3.05) is 13.2 Å². The summed E-state index contributed by atoms with van der Waals surface area (Å²) >= 11 is 0. The minimum Gasteiger partial charge on any atom is -0.396 e. The smallest absolute Gasteiger partial charge is 0.251 e. The molecule has 8 nitrogen and oxygen atoms in total. The molecule has 204 valence electrons. The second kappa shape index (κ2) is 20.2. The van der Waals surface area contributed by atoms with Crippen molar-refractivity contribution in [3.8, 4) is 0 Å². The fraction of sp³-hybridized carbons (Fsp3) is 0.885. The fourth-order valence-electron chi connectivity index (χ4n) is 3.46. The third-order valence-electron chi connectivity index (χ3n) is 6.19. The van der Waals surface area contributed by atoms with E-state index in [1.165, 1.54) is 19.3 Å². The summed E-state index contributed by atoms with van der Waals surface area (Å²) in [5.41, 5.74) is 1.00. The molecular formula is C26H53NO7. The molecule has 1 heterocycles. The van der Waals surface area contributed by atoms with E-state index in [0.717, 1.165) is 12.0 Å². The van der Waals surface area contributed by atoms with Gasteiger partial charge in [0.2, 0.25) is 0 Å². The molecular weight excluding hydrogens is 438 g/mol. The van der Waals surface area contributed by atoms with Crippen LogP contribution in [0.2, 0.25) is 0 Å². The number of rotatable bonds is 11. The summed E-state index contributed by atoms with van der Waals surface area (Å²) in [4.78, 5) is 12.1. The monoisotopic (exact) mass is 491 g/mol. The van der Waals surface area contributed by atoms with E-state index in [1.54, 1.807) is 6.92 Å². The number of carbonyl (C=O) groups excluding carboxylic acids is 1. The molecule has 0 saturated carbocycles. The van der Waals surface area contributed by atoms with Gasteiger partial charge in [0.1, 0.15) is 0 Å². The van der Waals surface area contributed by atoms with Crippen molar-refractivity contribution in [3.05, 3.63) is 12.2 Å². The van der Waals surface area contributed by atoms with Gasteiger partial charge in [-0.25, -0.2) is 0 Å². The molecule has 0 spiro atoms. The van der Waals surface area contributed by atoms with E-state index >= 15 is 0 Å². The number of hydrogen-bond donors (Lipinski definition) is 6. The van der Waals surface area contributed by atoms with Crippen LogP contribution >= 0.6 is 0 Å². The molecule has 0 aromatic heterocycles. The molecule has 1 amide bonds. The van der Waals surface area contributed by atoms with Crippen LogP contribution in [0, 0.1) is 11.8 Å². The maximum absolute atomic E-state index is 12.1. The van der Waals surface area contributed by atoms with Gasteiger partial charge in [0.15, 0.2) is 6.10 Å². The minimum absolute atomic E-state index is 0.0117. The molecule has 34 heavy (non-hydrogen) atoms. The summed E-state index contributed by atoms with van der Waals surface area (Å²) in [6.45, 7) is 17.5. The Morgan fingerprint density at radius 1 is 1.09 bits per heavy atom. The van der Waals surface area contributed by atoms with Crippen LogP contribution in [0.4, 0.5) is 0 Å². The Morgan fingerprint density at radius 3 is 1.97 bits per heavy atom. The van der Waals surface area contributed by atoms with E-state index in [9.17, 15) is 15.0 Å². The van der Waals surface area contributed by atoms with Crippen LogP contribution in [-0.2, 0) is 9.53 Å². The van der Waals surface area contributed by atoms with Crippen molar-refractivity contribution in [2.45, 2.75) is 124 Å². The number of carbonyl (C=O) groups is 1. The van der Waals surface area contributed by atoms with Gasteiger partial charge in [-0.05, 0) is 33.6 Å². The Morgan fingerprint density at radius 2 is 1.65 bits per heavy atom. The molecule has 0 aromatic carbocycles. The summed E-state index contributed by atoms with van der Waals surface area (Å²) in [6.07, 6.45) is 2.46. The van der Waals surface area contributed by atoms with Gasteiger partial charge in [0.25, 0.3) is 5.91 Å². The topological polar surface area (TPSA) is 139 Å². The predicted octanol–water partition coefficient (Wildman–Crippen LogP) is 2.55. The van der Waals surface area contributed by atoms with Gasteiger partial charge in [-0.15, -0.1) is 0 Å². The first kappa shape index (κ1) is 35.1. The Hall–Kier alpha value is -1.03. The van der Waals surface area contributed by atoms with Gasteiger partial charge in [0.05, 0.1) is 31.0 Å². The molecule has 8 heteroatoms. The SMILES string of the molecule is C=C1CC(C(O)C(=O)NC(C)C(CC)CO)OC(C)C1C.CC(O)CC(O)CO.CCCCC. The van der Waals surface area contributed by atoms with E-state index in [0.29, 0.717) is 6.42 Å². The fourth-order valence-corrected chi connectivity index (χ4v) is 3.46. The zero-order valence-corrected chi connectivity index (χ0v) is 22.5. The van der Waals surface area contributed by atoms with Gasteiger partial charge in [-0.2, -0.15) is 0 Å². The lowest BCUT2D eigenvalue weighted by Crippen LogP contribution is -2.51. The average Bonchev–Trinajstić information content (AvgIpc) is 2.78. The maximum Gasteiger partial charge on any atom is 0.251 e. The molecule has 8 unspecified atom stereocenters. The first-order valence-electron chi connectivity index (χ1n) is 12.8. The first-order valence-corrected chi connectivity index (χ1v) is 12.8.